The van der Waals surface area contributed by atoms with Gasteiger partial charge in [0.15, 0.2) is 0 Å². The number of likely N-dealkylation sites (N-methyl/N-ethyl adjacent to an activating group) is 1. The van der Waals surface area contributed by atoms with Crippen molar-refractivity contribution < 1.29 is 9.47 Å². The number of aliphatic imine (C=N–C) groups is 1. The fourth-order valence-electron chi connectivity index (χ4n) is 4.88. The van der Waals surface area contributed by atoms with E-state index in [1.807, 2.05) is 38.1 Å². The summed E-state index contributed by atoms with van der Waals surface area (Å²) in [5.41, 5.74) is 2.30. The second-order valence-corrected chi connectivity index (χ2v) is 8.56. The number of amidine groups is 1. The van der Waals surface area contributed by atoms with Gasteiger partial charge in [0.1, 0.15) is 17.3 Å². The van der Waals surface area contributed by atoms with Crippen LogP contribution in [0.4, 0.5) is 0 Å². The van der Waals surface area contributed by atoms with Gasteiger partial charge in [0, 0.05) is 18.1 Å². The van der Waals surface area contributed by atoms with Crippen LogP contribution in [0.3, 0.4) is 0 Å². The first-order valence-corrected chi connectivity index (χ1v) is 11.5. The van der Waals surface area contributed by atoms with Gasteiger partial charge in [-0.05, 0) is 62.4 Å². The van der Waals surface area contributed by atoms with Gasteiger partial charge in [0.05, 0.1) is 30.9 Å². The van der Waals surface area contributed by atoms with Crippen LogP contribution in [0.5, 0.6) is 11.5 Å². The van der Waals surface area contributed by atoms with Crippen LogP contribution < -0.4 is 9.47 Å². The number of benzene rings is 2. The first kappa shape index (κ1) is 21.0. The van der Waals surface area contributed by atoms with Crippen LogP contribution in [0.25, 0.3) is 0 Å². The summed E-state index contributed by atoms with van der Waals surface area (Å²) in [6, 6.07) is 14.8. The summed E-state index contributed by atoms with van der Waals surface area (Å²) in [6.07, 6.45) is 5.11. The highest BCUT2D eigenvalue weighted by atomic mass is 35.5. The standard InChI is InChI=1S/C25H31ClN2O2/c1-4-29-20-14-15-21(22(16-20)30-5-2)25-27-23(17-8-6-7-9-17)24(28(25)3)18-10-12-19(26)13-11-18/h10-17,23-24H,4-9H2,1-3H3. The smallest absolute Gasteiger partial charge is 0.135 e. The molecule has 5 heteroatoms. The maximum Gasteiger partial charge on any atom is 0.135 e. The minimum absolute atomic E-state index is 0.210. The predicted octanol–water partition coefficient (Wildman–Crippen LogP) is 6.13. The topological polar surface area (TPSA) is 34.1 Å². The first-order valence-electron chi connectivity index (χ1n) is 11.1. The van der Waals surface area contributed by atoms with Crippen LogP contribution in [0.1, 0.15) is 56.7 Å². The molecule has 0 amide bonds. The molecule has 160 valence electrons. The molecular weight excluding hydrogens is 396 g/mol. The maximum absolute atomic E-state index is 6.17. The van der Waals surface area contributed by atoms with Crippen LogP contribution in [0.15, 0.2) is 47.5 Å². The molecule has 1 aliphatic heterocycles. The Hall–Kier alpha value is -2.20. The summed E-state index contributed by atoms with van der Waals surface area (Å²) < 4.78 is 11.7. The van der Waals surface area contributed by atoms with Crippen LogP contribution >= 0.6 is 11.6 Å². The maximum atomic E-state index is 6.17. The third-order valence-electron chi connectivity index (χ3n) is 6.25. The van der Waals surface area contributed by atoms with Crippen molar-refractivity contribution in [2.45, 2.75) is 51.6 Å². The first-order chi connectivity index (χ1) is 14.6. The van der Waals surface area contributed by atoms with Crippen LogP contribution in [-0.2, 0) is 0 Å². The number of halogens is 1. The van der Waals surface area contributed by atoms with E-state index in [1.54, 1.807) is 0 Å². The molecule has 0 bridgehead atoms. The van der Waals surface area contributed by atoms with Crippen LogP contribution in [-0.4, -0.2) is 37.0 Å². The lowest BCUT2D eigenvalue weighted by Gasteiger charge is -2.30. The molecule has 2 unspecified atom stereocenters. The number of hydrogen-bond acceptors (Lipinski definition) is 4. The third-order valence-corrected chi connectivity index (χ3v) is 6.50. The van der Waals surface area contributed by atoms with Gasteiger partial charge in [-0.25, -0.2) is 0 Å². The van der Waals surface area contributed by atoms with E-state index in [4.69, 9.17) is 26.1 Å². The SMILES string of the molecule is CCOc1ccc(C2=NC(C3CCCC3)C(c3ccc(Cl)cc3)N2C)c(OCC)c1. The highest BCUT2D eigenvalue weighted by Gasteiger charge is 2.41. The summed E-state index contributed by atoms with van der Waals surface area (Å²) in [4.78, 5) is 7.63. The Labute approximate surface area is 184 Å². The Bertz CT molecular complexity index is 891. The van der Waals surface area contributed by atoms with Crippen molar-refractivity contribution in [2.75, 3.05) is 20.3 Å². The Morgan fingerprint density at radius 3 is 2.37 bits per heavy atom. The molecule has 2 atom stereocenters. The molecule has 1 saturated carbocycles. The molecule has 0 aromatic heterocycles. The van der Waals surface area contributed by atoms with E-state index >= 15 is 0 Å². The second kappa shape index (κ2) is 9.30. The lowest BCUT2D eigenvalue weighted by molar-refractivity contribution is 0.291. The average Bonchev–Trinajstić information content (AvgIpc) is 3.38. The van der Waals surface area contributed by atoms with Crippen molar-refractivity contribution in [1.82, 2.24) is 4.90 Å². The van der Waals surface area contributed by atoms with Gasteiger partial charge in [0.25, 0.3) is 0 Å². The zero-order chi connectivity index (χ0) is 21.1. The molecule has 0 radical (unpaired) electrons. The summed E-state index contributed by atoms with van der Waals surface area (Å²) in [5.74, 6) is 3.27. The van der Waals surface area contributed by atoms with Crippen LogP contribution in [0.2, 0.25) is 5.02 Å². The molecule has 1 aliphatic carbocycles. The van der Waals surface area contributed by atoms with E-state index in [9.17, 15) is 0 Å². The Morgan fingerprint density at radius 1 is 1.00 bits per heavy atom. The van der Waals surface area contributed by atoms with E-state index in [1.165, 1.54) is 31.2 Å². The zero-order valence-electron chi connectivity index (χ0n) is 18.1. The van der Waals surface area contributed by atoms with Crippen molar-refractivity contribution in [3.8, 4) is 11.5 Å². The van der Waals surface area contributed by atoms with Crippen molar-refractivity contribution in [3.63, 3.8) is 0 Å². The molecule has 4 nitrogen and oxygen atoms in total. The van der Waals surface area contributed by atoms with E-state index in [-0.39, 0.29) is 12.1 Å². The molecule has 0 N–H and O–H groups in total. The van der Waals surface area contributed by atoms with Gasteiger partial charge in [-0.1, -0.05) is 36.6 Å². The highest BCUT2D eigenvalue weighted by Crippen LogP contribution is 2.43. The Morgan fingerprint density at radius 2 is 1.70 bits per heavy atom. The molecule has 0 saturated heterocycles. The minimum Gasteiger partial charge on any atom is -0.494 e. The largest absolute Gasteiger partial charge is 0.494 e. The van der Waals surface area contributed by atoms with E-state index in [0.29, 0.717) is 19.1 Å². The van der Waals surface area contributed by atoms with Gasteiger partial charge in [-0.2, -0.15) is 0 Å². The molecule has 1 heterocycles. The highest BCUT2D eigenvalue weighted by molar-refractivity contribution is 6.30. The van der Waals surface area contributed by atoms with Gasteiger partial charge >= 0.3 is 0 Å². The van der Waals surface area contributed by atoms with E-state index in [2.05, 4.69) is 30.1 Å². The molecule has 2 aliphatic rings. The van der Waals surface area contributed by atoms with Crippen molar-refractivity contribution in [3.05, 3.63) is 58.6 Å². The average molecular weight is 427 g/mol. The number of rotatable bonds is 7. The van der Waals surface area contributed by atoms with E-state index < -0.39 is 0 Å². The molecule has 30 heavy (non-hydrogen) atoms. The predicted molar refractivity (Wildman–Crippen MR) is 123 cm³/mol. The van der Waals surface area contributed by atoms with Crippen molar-refractivity contribution in [2.24, 2.45) is 10.9 Å². The third kappa shape index (κ3) is 4.15. The Balaban J connectivity index is 1.74. The van der Waals surface area contributed by atoms with Gasteiger partial charge < -0.3 is 14.4 Å². The van der Waals surface area contributed by atoms with E-state index in [0.717, 1.165) is 27.9 Å². The summed E-state index contributed by atoms with van der Waals surface area (Å²) in [7, 11) is 2.15. The quantitative estimate of drug-likeness (QED) is 0.534. The number of hydrogen-bond donors (Lipinski definition) is 0. The normalized spacial score (nSPS) is 21.7. The number of nitrogens with zero attached hydrogens (tertiary/aromatic N) is 2. The molecule has 1 fully saturated rings. The lowest BCUT2D eigenvalue weighted by Crippen LogP contribution is -2.32. The molecule has 0 spiro atoms. The molecule has 2 aromatic carbocycles. The molecular formula is C25H31ClN2O2. The van der Waals surface area contributed by atoms with Gasteiger partial charge in [0.2, 0.25) is 0 Å². The second-order valence-electron chi connectivity index (χ2n) is 8.12. The Kier molecular flexibility index (Phi) is 6.52. The van der Waals surface area contributed by atoms with Gasteiger partial charge in [-0.3, -0.25) is 4.99 Å². The summed E-state index contributed by atoms with van der Waals surface area (Å²) in [5, 5.41) is 0.767. The number of ether oxygens (including phenoxy) is 2. The molecule has 4 rings (SSSR count). The molecule has 2 aromatic rings. The van der Waals surface area contributed by atoms with Gasteiger partial charge in [-0.15, -0.1) is 0 Å². The van der Waals surface area contributed by atoms with Crippen molar-refractivity contribution >= 4 is 17.4 Å². The monoisotopic (exact) mass is 426 g/mol. The lowest BCUT2D eigenvalue weighted by atomic mass is 9.88. The van der Waals surface area contributed by atoms with Crippen molar-refractivity contribution in [1.29, 1.82) is 0 Å². The fourth-order valence-corrected chi connectivity index (χ4v) is 5.01. The van der Waals surface area contributed by atoms with Crippen LogP contribution in [0, 0.1) is 5.92 Å². The zero-order valence-corrected chi connectivity index (χ0v) is 18.9. The summed E-state index contributed by atoms with van der Waals surface area (Å²) >= 11 is 6.17. The summed E-state index contributed by atoms with van der Waals surface area (Å²) in [6.45, 7) is 5.24. The minimum atomic E-state index is 0.210. The fraction of sp³-hybridized carbons (Fsp3) is 0.480.